The Labute approximate surface area is 148 Å². The summed E-state index contributed by atoms with van der Waals surface area (Å²) in [4.78, 5) is 27.5. The fourth-order valence-corrected chi connectivity index (χ4v) is 3.25. The predicted molar refractivity (Wildman–Crippen MR) is 98.2 cm³/mol. The maximum atomic E-state index is 13.1. The van der Waals surface area contributed by atoms with Crippen LogP contribution in [0.4, 0.5) is 0 Å². The van der Waals surface area contributed by atoms with E-state index in [9.17, 15) is 9.59 Å². The van der Waals surface area contributed by atoms with Gasteiger partial charge in [0.05, 0.1) is 0 Å². The standard InChI is InChI=1S/C22H21NO2/c1-2-3-9-14-23(16-17-10-5-4-6-11-17)22(25)20-15-18-12-7-8-13-19(18)21(20)24/h3-8,10-13,20H,1,9,14-16H2. The Balaban J connectivity index is 1.79. The molecule has 0 radical (unpaired) electrons. The molecule has 1 aliphatic rings. The largest absolute Gasteiger partial charge is 0.337 e. The van der Waals surface area contributed by atoms with Gasteiger partial charge in [0.25, 0.3) is 0 Å². The molecule has 0 aromatic heterocycles. The van der Waals surface area contributed by atoms with Crippen LogP contribution in [0.25, 0.3) is 0 Å². The van der Waals surface area contributed by atoms with Crippen LogP contribution in [0.2, 0.25) is 0 Å². The summed E-state index contributed by atoms with van der Waals surface area (Å²) in [5.74, 6) is -0.755. The molecule has 1 aliphatic carbocycles. The molecular formula is C22H21NO2. The van der Waals surface area contributed by atoms with Crippen molar-refractivity contribution in [2.75, 3.05) is 6.54 Å². The Morgan fingerprint density at radius 3 is 2.60 bits per heavy atom. The summed E-state index contributed by atoms with van der Waals surface area (Å²) in [7, 11) is 0. The number of nitrogens with zero attached hydrogens (tertiary/aromatic N) is 1. The Morgan fingerprint density at radius 2 is 1.88 bits per heavy atom. The number of Topliss-reactive ketones (excluding diaryl/α,β-unsaturated/α-hetero) is 1. The summed E-state index contributed by atoms with van der Waals surface area (Å²) in [6, 6.07) is 17.4. The van der Waals surface area contributed by atoms with E-state index in [0.29, 0.717) is 31.5 Å². The maximum Gasteiger partial charge on any atom is 0.234 e. The normalized spacial score (nSPS) is 15.4. The van der Waals surface area contributed by atoms with Crippen molar-refractivity contribution in [2.45, 2.75) is 19.4 Å². The van der Waals surface area contributed by atoms with Crippen molar-refractivity contribution < 1.29 is 9.59 Å². The predicted octanol–water partition coefficient (Wildman–Crippen LogP) is 3.80. The van der Waals surface area contributed by atoms with Crippen LogP contribution in [-0.4, -0.2) is 23.1 Å². The molecule has 3 heteroatoms. The van der Waals surface area contributed by atoms with Crippen molar-refractivity contribution in [1.82, 2.24) is 4.90 Å². The fourth-order valence-electron chi connectivity index (χ4n) is 3.25. The first-order chi connectivity index (χ1) is 12.2. The van der Waals surface area contributed by atoms with Gasteiger partial charge in [-0.05, 0) is 30.0 Å². The second-order valence-corrected chi connectivity index (χ2v) is 6.22. The van der Waals surface area contributed by atoms with E-state index in [1.54, 1.807) is 4.90 Å². The van der Waals surface area contributed by atoms with Gasteiger partial charge in [-0.15, -0.1) is 5.73 Å². The van der Waals surface area contributed by atoms with Crippen molar-refractivity contribution in [1.29, 1.82) is 0 Å². The molecule has 126 valence electrons. The highest BCUT2D eigenvalue weighted by atomic mass is 16.2. The molecule has 0 aliphatic heterocycles. The lowest BCUT2D eigenvalue weighted by molar-refractivity contribution is -0.134. The summed E-state index contributed by atoms with van der Waals surface area (Å²) < 4.78 is 0. The molecule has 0 fully saturated rings. The molecule has 3 rings (SSSR count). The van der Waals surface area contributed by atoms with E-state index in [4.69, 9.17) is 0 Å². The van der Waals surface area contributed by atoms with Crippen molar-refractivity contribution in [3.05, 3.63) is 89.7 Å². The van der Waals surface area contributed by atoms with Crippen LogP contribution in [0.3, 0.4) is 0 Å². The Morgan fingerprint density at radius 1 is 1.16 bits per heavy atom. The topological polar surface area (TPSA) is 37.4 Å². The molecule has 1 amide bonds. The lowest BCUT2D eigenvalue weighted by Gasteiger charge is -2.25. The third-order valence-electron chi connectivity index (χ3n) is 4.54. The molecule has 2 aromatic rings. The van der Waals surface area contributed by atoms with E-state index in [1.807, 2.05) is 60.7 Å². The van der Waals surface area contributed by atoms with Crippen LogP contribution < -0.4 is 0 Å². The number of rotatable bonds is 6. The fraction of sp³-hybridized carbons (Fsp3) is 0.227. The summed E-state index contributed by atoms with van der Waals surface area (Å²) >= 11 is 0. The molecule has 1 atom stereocenters. The zero-order valence-corrected chi connectivity index (χ0v) is 14.2. The smallest absolute Gasteiger partial charge is 0.234 e. The van der Waals surface area contributed by atoms with Gasteiger partial charge in [0.2, 0.25) is 5.91 Å². The maximum absolute atomic E-state index is 13.1. The zero-order chi connectivity index (χ0) is 17.6. The molecular weight excluding hydrogens is 310 g/mol. The summed E-state index contributed by atoms with van der Waals surface area (Å²) in [6.07, 6.45) is 2.99. The highest BCUT2D eigenvalue weighted by Gasteiger charge is 2.37. The number of amides is 1. The third kappa shape index (κ3) is 3.78. The quantitative estimate of drug-likeness (QED) is 0.596. The number of carbonyl (C=O) groups is 2. The van der Waals surface area contributed by atoms with Crippen LogP contribution in [0.5, 0.6) is 0 Å². The van der Waals surface area contributed by atoms with Crippen molar-refractivity contribution in [2.24, 2.45) is 5.92 Å². The summed E-state index contributed by atoms with van der Waals surface area (Å²) in [5, 5.41) is 0. The average molecular weight is 331 g/mol. The monoisotopic (exact) mass is 331 g/mol. The Hall–Kier alpha value is -2.90. The minimum atomic E-state index is -0.603. The van der Waals surface area contributed by atoms with Crippen molar-refractivity contribution in [3.8, 4) is 0 Å². The summed E-state index contributed by atoms with van der Waals surface area (Å²) in [5.41, 5.74) is 5.45. The van der Waals surface area contributed by atoms with Crippen LogP contribution in [0, 0.1) is 5.92 Å². The molecule has 0 bridgehead atoms. The van der Waals surface area contributed by atoms with Gasteiger partial charge in [0.15, 0.2) is 5.78 Å². The van der Waals surface area contributed by atoms with E-state index >= 15 is 0 Å². The lowest BCUT2D eigenvalue weighted by atomic mass is 10.0. The Kier molecular flexibility index (Phi) is 5.27. The van der Waals surface area contributed by atoms with Gasteiger partial charge in [-0.2, -0.15) is 0 Å². The number of hydrogen-bond donors (Lipinski definition) is 0. The highest BCUT2D eigenvalue weighted by molar-refractivity contribution is 6.13. The lowest BCUT2D eigenvalue weighted by Crippen LogP contribution is -2.38. The minimum absolute atomic E-state index is 0.0575. The zero-order valence-electron chi connectivity index (χ0n) is 14.2. The number of hydrogen-bond acceptors (Lipinski definition) is 2. The first kappa shape index (κ1) is 16.9. The van der Waals surface area contributed by atoms with E-state index in [0.717, 1.165) is 11.1 Å². The molecule has 3 nitrogen and oxygen atoms in total. The molecule has 1 unspecified atom stereocenters. The molecule has 0 saturated heterocycles. The first-order valence-corrected chi connectivity index (χ1v) is 8.50. The Bertz CT molecular complexity index is 819. The van der Waals surface area contributed by atoms with Crippen LogP contribution in [0.15, 0.2) is 73.0 Å². The van der Waals surface area contributed by atoms with Gasteiger partial charge in [-0.25, -0.2) is 0 Å². The average Bonchev–Trinajstić information content (AvgIpc) is 2.98. The highest BCUT2D eigenvalue weighted by Crippen LogP contribution is 2.28. The summed E-state index contributed by atoms with van der Waals surface area (Å²) in [6.45, 7) is 4.62. The molecule has 0 saturated carbocycles. The molecule has 2 aromatic carbocycles. The van der Waals surface area contributed by atoms with Crippen LogP contribution in [-0.2, 0) is 17.8 Å². The molecule has 0 spiro atoms. The molecule has 25 heavy (non-hydrogen) atoms. The second-order valence-electron chi connectivity index (χ2n) is 6.22. The van der Waals surface area contributed by atoms with E-state index in [1.165, 1.54) is 0 Å². The van der Waals surface area contributed by atoms with Gasteiger partial charge < -0.3 is 4.90 Å². The van der Waals surface area contributed by atoms with Gasteiger partial charge in [-0.3, -0.25) is 9.59 Å². The van der Waals surface area contributed by atoms with Gasteiger partial charge in [-0.1, -0.05) is 61.2 Å². The number of fused-ring (bicyclic) bond motifs is 1. The second kappa shape index (κ2) is 7.78. The van der Waals surface area contributed by atoms with Gasteiger partial charge in [0.1, 0.15) is 5.92 Å². The molecule has 0 heterocycles. The van der Waals surface area contributed by atoms with Crippen molar-refractivity contribution in [3.63, 3.8) is 0 Å². The third-order valence-corrected chi connectivity index (χ3v) is 4.54. The molecule has 0 N–H and O–H groups in total. The van der Waals surface area contributed by atoms with Crippen LogP contribution >= 0.6 is 0 Å². The SMILES string of the molecule is C=C=CCCN(Cc1ccccc1)C(=O)C1Cc2ccccc2C1=O. The minimum Gasteiger partial charge on any atom is -0.337 e. The van der Waals surface area contributed by atoms with Gasteiger partial charge >= 0.3 is 0 Å². The number of benzene rings is 2. The number of ketones is 1. The van der Waals surface area contributed by atoms with E-state index < -0.39 is 5.92 Å². The van der Waals surface area contributed by atoms with E-state index in [-0.39, 0.29) is 11.7 Å². The van der Waals surface area contributed by atoms with Crippen molar-refractivity contribution >= 4 is 11.7 Å². The number of carbonyl (C=O) groups excluding carboxylic acids is 2. The van der Waals surface area contributed by atoms with Gasteiger partial charge in [0, 0.05) is 18.7 Å². The van der Waals surface area contributed by atoms with Crippen LogP contribution in [0.1, 0.15) is 27.9 Å². The first-order valence-electron chi connectivity index (χ1n) is 8.50. The van der Waals surface area contributed by atoms with E-state index in [2.05, 4.69) is 12.3 Å².